The Morgan fingerprint density at radius 3 is 0.714 bits per heavy atom. The number of hydrogen-bond donors (Lipinski definition) is 3. The Labute approximate surface area is 109 Å². The predicted molar refractivity (Wildman–Crippen MR) is 24.1 cm³/mol. The molecule has 0 saturated carbocycles. The van der Waals surface area contributed by atoms with Gasteiger partial charge in [0.1, 0.15) is 0 Å². The van der Waals surface area contributed by atoms with E-state index in [9.17, 15) is 0 Å². The molecule has 0 unspecified atom stereocenters. The maximum Gasteiger partial charge on any atom is 2.00 e. The van der Waals surface area contributed by atoms with Crippen molar-refractivity contribution in [3.05, 3.63) is 0 Å². The van der Waals surface area contributed by atoms with Crippen LogP contribution in [0.2, 0.25) is 0 Å². The van der Waals surface area contributed by atoms with E-state index in [2.05, 4.69) is 0 Å². The van der Waals surface area contributed by atoms with Crippen molar-refractivity contribution in [1.29, 1.82) is 0 Å². The van der Waals surface area contributed by atoms with Crippen molar-refractivity contribution in [1.82, 2.24) is 0 Å². The molecule has 11 heteroatoms. The molecule has 3 N–H and O–H groups in total. The van der Waals surface area contributed by atoms with E-state index in [1.54, 1.807) is 0 Å². The van der Waals surface area contributed by atoms with Gasteiger partial charge in [-0.15, -0.1) is 0 Å². The number of hydrogen-bond acceptors (Lipinski definition) is 6. The molecule has 0 saturated heterocycles. The van der Waals surface area contributed by atoms with Crippen molar-refractivity contribution >= 4 is 18.5 Å². The van der Waals surface area contributed by atoms with Crippen molar-refractivity contribution in [2.45, 2.75) is 0 Å². The van der Waals surface area contributed by atoms with E-state index >= 15 is 0 Å². The summed E-state index contributed by atoms with van der Waals surface area (Å²) in [4.78, 5) is 25.3. The molecule has 9 nitrogen and oxygen atoms in total. The van der Waals surface area contributed by atoms with Crippen LogP contribution >= 0.6 is 0 Å². The third-order valence-corrected chi connectivity index (χ3v) is 0. The van der Waals surface area contributed by atoms with E-state index in [4.69, 9.17) is 45.0 Å². The van der Waals surface area contributed by atoms with Gasteiger partial charge in [-0.25, -0.2) is 0 Å². The minimum absolute atomic E-state index is 0. The zero-order chi connectivity index (χ0) is 10.7. The van der Waals surface area contributed by atoms with Crippen molar-refractivity contribution < 1.29 is 91.4 Å². The molecule has 0 atom stereocenters. The predicted octanol–water partition coefficient (Wildman–Crippen LogP) is -6.34. The van der Waals surface area contributed by atoms with Crippen LogP contribution in [-0.2, 0) is 16.8 Å². The average Bonchev–Trinajstić information content (AvgIpc) is 1.54. The van der Waals surface area contributed by atoms with Gasteiger partial charge in [-0.05, 0) is 0 Å². The van der Waals surface area contributed by atoms with Gasteiger partial charge in [-0.3, -0.25) is 0 Å². The summed E-state index contributed by atoms with van der Waals surface area (Å²) in [6.07, 6.45) is -6.25. The molecule has 0 spiro atoms. The van der Waals surface area contributed by atoms with Crippen LogP contribution in [0.25, 0.3) is 0 Å². The first-order chi connectivity index (χ1) is 5.20. The summed E-state index contributed by atoms with van der Waals surface area (Å²) in [6, 6.07) is 0. The standard InChI is InChI=1S/3CH2O3.Co.Na/c3*2-1(3)4;;/h3*(H2,2,3,4);;/q;;;+2;+1/p-3. The van der Waals surface area contributed by atoms with Gasteiger partial charge in [0, 0.05) is 0 Å². The Kier molecular flexibility index (Phi) is 47.6. The molecule has 0 fully saturated rings. The Morgan fingerprint density at radius 2 is 0.714 bits per heavy atom. The quantitative estimate of drug-likeness (QED) is 0.358. The summed E-state index contributed by atoms with van der Waals surface area (Å²) in [7, 11) is 0. The van der Waals surface area contributed by atoms with Crippen LogP contribution in [0, 0.1) is 0 Å². The van der Waals surface area contributed by atoms with Gasteiger partial charge >= 0.3 is 46.3 Å². The Balaban J connectivity index is -0.0000000270. The summed E-state index contributed by atoms with van der Waals surface area (Å²) in [5.41, 5.74) is 0. The van der Waals surface area contributed by atoms with E-state index in [1.807, 2.05) is 0 Å². The van der Waals surface area contributed by atoms with E-state index in [0.717, 1.165) is 0 Å². The molecule has 0 heterocycles. The maximum absolute atomic E-state index is 8.44. The van der Waals surface area contributed by atoms with E-state index in [-0.39, 0.29) is 46.3 Å². The van der Waals surface area contributed by atoms with Gasteiger partial charge in [0.15, 0.2) is 0 Å². The Bertz CT molecular complexity index is 118. The van der Waals surface area contributed by atoms with Crippen LogP contribution in [0.1, 0.15) is 0 Å². The molecule has 14 heavy (non-hydrogen) atoms. The van der Waals surface area contributed by atoms with E-state index < -0.39 is 18.5 Å². The molecule has 0 aliphatic carbocycles. The van der Waals surface area contributed by atoms with Gasteiger partial charge in [0.25, 0.3) is 0 Å². The molecule has 0 aliphatic rings. The fraction of sp³-hybridized carbons (Fsp3) is 0. The number of rotatable bonds is 0. The Morgan fingerprint density at radius 1 is 0.714 bits per heavy atom. The normalized spacial score (nSPS) is 5.14. The monoisotopic (exact) mass is 265 g/mol. The van der Waals surface area contributed by atoms with Crippen LogP contribution in [-0.4, -0.2) is 33.8 Å². The maximum atomic E-state index is 8.44. The number of carbonyl (C=O) groups is 3. The fourth-order valence-corrected chi connectivity index (χ4v) is 0. The first-order valence-electron chi connectivity index (χ1n) is 1.90. The fourth-order valence-electron chi connectivity index (χ4n) is 0. The third kappa shape index (κ3) is 2580. The first kappa shape index (κ1) is 29.2. The van der Waals surface area contributed by atoms with Crippen molar-refractivity contribution in [2.24, 2.45) is 0 Å². The second-order valence-electron chi connectivity index (χ2n) is 0.798. The van der Waals surface area contributed by atoms with E-state index in [0.29, 0.717) is 0 Å². The summed E-state index contributed by atoms with van der Waals surface area (Å²) < 4.78 is 0. The molecule has 0 aliphatic heterocycles. The zero-order valence-corrected chi connectivity index (χ0v) is 9.67. The second kappa shape index (κ2) is 22.8. The SMILES string of the molecule is O=C([O-])O.O=C([O-])O.O=C([O-])O.[Co+2].[Na+]. The summed E-state index contributed by atoms with van der Waals surface area (Å²) in [6.45, 7) is 0. The van der Waals surface area contributed by atoms with E-state index in [1.165, 1.54) is 0 Å². The second-order valence-corrected chi connectivity index (χ2v) is 0.798. The summed E-state index contributed by atoms with van der Waals surface area (Å²) in [5.74, 6) is 0. The third-order valence-electron chi connectivity index (χ3n) is 0. The van der Waals surface area contributed by atoms with Crippen LogP contribution in [0.3, 0.4) is 0 Å². The molecular weight excluding hydrogens is 262 g/mol. The van der Waals surface area contributed by atoms with Gasteiger partial charge in [0.2, 0.25) is 18.5 Å². The molecule has 0 amide bonds. The molecule has 0 bridgehead atoms. The van der Waals surface area contributed by atoms with Gasteiger partial charge in [-0.2, -0.15) is 0 Å². The minimum atomic E-state index is -2.08. The van der Waals surface area contributed by atoms with Crippen LogP contribution in [0.4, 0.5) is 14.4 Å². The van der Waals surface area contributed by atoms with Gasteiger partial charge in [-0.1, -0.05) is 0 Å². The minimum Gasteiger partial charge on any atom is -0.565 e. The molecule has 1 radical (unpaired) electrons. The molecule has 0 aromatic rings. The van der Waals surface area contributed by atoms with Crippen molar-refractivity contribution in [3.63, 3.8) is 0 Å². The number of carboxylic acid groups (broad SMARTS) is 6. The largest absolute Gasteiger partial charge is 2.00 e. The first-order valence-corrected chi connectivity index (χ1v) is 1.90. The molecule has 79 valence electrons. The van der Waals surface area contributed by atoms with Gasteiger partial charge < -0.3 is 45.0 Å². The average molecular weight is 265 g/mol. The zero-order valence-electron chi connectivity index (χ0n) is 6.62. The van der Waals surface area contributed by atoms with Crippen LogP contribution in [0.5, 0.6) is 0 Å². The van der Waals surface area contributed by atoms with Crippen molar-refractivity contribution in [2.75, 3.05) is 0 Å². The Hall–Kier alpha value is -0.684. The van der Waals surface area contributed by atoms with Crippen molar-refractivity contribution in [3.8, 4) is 0 Å². The van der Waals surface area contributed by atoms with Crippen LogP contribution in [0.15, 0.2) is 0 Å². The molecule has 0 rings (SSSR count). The van der Waals surface area contributed by atoms with Gasteiger partial charge in [0.05, 0.1) is 0 Å². The topological polar surface area (TPSA) is 181 Å². The summed E-state index contributed by atoms with van der Waals surface area (Å²) >= 11 is 0. The smallest absolute Gasteiger partial charge is 0.565 e. The molecule has 0 aromatic heterocycles. The molecular formula is C3H3CoNaO9. The van der Waals surface area contributed by atoms with Crippen LogP contribution < -0.4 is 44.9 Å². The molecule has 0 aromatic carbocycles. The summed E-state index contributed by atoms with van der Waals surface area (Å²) in [5, 5.41) is 45.9.